The number of hydrogen-bond donors (Lipinski definition) is 1. The molecule has 0 spiro atoms. The summed E-state index contributed by atoms with van der Waals surface area (Å²) in [5.74, 6) is -0.424. The van der Waals surface area contributed by atoms with Gasteiger partial charge in [-0.3, -0.25) is 4.90 Å². The summed E-state index contributed by atoms with van der Waals surface area (Å²) in [7, 11) is 1.31. The molecule has 2 bridgehead atoms. The second-order valence-corrected chi connectivity index (χ2v) is 6.51. The van der Waals surface area contributed by atoms with Crippen LogP contribution in [-0.2, 0) is 4.74 Å². The van der Waals surface area contributed by atoms with Crippen LogP contribution in [0.25, 0.3) is 0 Å². The predicted octanol–water partition coefficient (Wildman–Crippen LogP) is 3.38. The molecule has 2 aliphatic rings. The Balaban J connectivity index is 1.78. The van der Waals surface area contributed by atoms with Crippen LogP contribution in [0.15, 0.2) is 42.5 Å². The van der Waals surface area contributed by atoms with E-state index in [1.54, 1.807) is 43.3 Å². The largest absolute Gasteiger partial charge is 0.467 e. The highest BCUT2D eigenvalue weighted by Gasteiger charge is 2.50. The minimum atomic E-state index is -1.05. The van der Waals surface area contributed by atoms with Gasteiger partial charge in [0, 0.05) is 12.0 Å². The van der Waals surface area contributed by atoms with E-state index in [9.17, 15) is 14.0 Å². The number of ether oxygens (including phenoxy) is 2. The topological polar surface area (TPSA) is 67.9 Å². The van der Waals surface area contributed by atoms with Crippen LogP contribution in [0, 0.1) is 5.82 Å². The normalized spacial score (nSPS) is 23.6. The number of amides is 2. The lowest BCUT2D eigenvalue weighted by atomic mass is 9.89. The van der Waals surface area contributed by atoms with Crippen molar-refractivity contribution in [3.63, 3.8) is 0 Å². The molecule has 134 valence electrons. The van der Waals surface area contributed by atoms with E-state index in [4.69, 9.17) is 9.47 Å². The number of benzene rings is 2. The highest BCUT2D eigenvalue weighted by Crippen LogP contribution is 2.46. The van der Waals surface area contributed by atoms with E-state index in [1.807, 2.05) is 0 Å². The van der Waals surface area contributed by atoms with E-state index in [2.05, 4.69) is 5.32 Å². The van der Waals surface area contributed by atoms with E-state index >= 15 is 0 Å². The molecule has 0 aliphatic carbocycles. The number of nitrogens with one attached hydrogen (secondary N) is 1. The van der Waals surface area contributed by atoms with Crippen LogP contribution in [-0.4, -0.2) is 24.8 Å². The van der Waals surface area contributed by atoms with E-state index in [0.717, 1.165) is 0 Å². The Kier molecular flexibility index (Phi) is 3.61. The third-order valence-electron chi connectivity index (χ3n) is 4.79. The molecule has 7 heteroatoms. The molecule has 2 aliphatic heterocycles. The van der Waals surface area contributed by atoms with E-state index in [1.165, 1.54) is 18.1 Å². The molecule has 6 nitrogen and oxygen atoms in total. The smallest absolute Gasteiger partial charge is 0.337 e. The first kappa shape index (κ1) is 16.4. The van der Waals surface area contributed by atoms with Crippen LogP contribution in [0.2, 0.25) is 0 Å². The SMILES string of the molecule is COC(=O)c1ccc2c(c1)[C@H]1C[C@@](C)(O2)N(c2ccccc2F)C(=O)N1. The maximum atomic E-state index is 14.3. The molecule has 1 saturated heterocycles. The average Bonchev–Trinajstić information content (AvgIpc) is 2.61. The lowest BCUT2D eigenvalue weighted by molar-refractivity contribution is 0.0372. The van der Waals surface area contributed by atoms with E-state index in [-0.39, 0.29) is 11.7 Å². The monoisotopic (exact) mass is 356 g/mol. The molecule has 2 amide bonds. The molecule has 1 N–H and O–H groups in total. The van der Waals surface area contributed by atoms with E-state index < -0.39 is 23.5 Å². The Hall–Kier alpha value is -3.09. The van der Waals surface area contributed by atoms with Gasteiger partial charge in [0.25, 0.3) is 0 Å². The summed E-state index contributed by atoms with van der Waals surface area (Å²) in [6, 6.07) is 10.2. The molecule has 0 radical (unpaired) electrons. The first-order valence-corrected chi connectivity index (χ1v) is 8.19. The zero-order chi connectivity index (χ0) is 18.5. The summed E-state index contributed by atoms with van der Waals surface area (Å²) >= 11 is 0. The summed E-state index contributed by atoms with van der Waals surface area (Å²) in [5.41, 5.74) is 0.186. The van der Waals surface area contributed by atoms with Crippen LogP contribution >= 0.6 is 0 Å². The maximum Gasteiger partial charge on any atom is 0.337 e. The van der Waals surface area contributed by atoms with Gasteiger partial charge in [0.2, 0.25) is 0 Å². The van der Waals surface area contributed by atoms with Crippen molar-refractivity contribution in [1.29, 1.82) is 0 Å². The molecular formula is C19H17FN2O4. The molecule has 26 heavy (non-hydrogen) atoms. The first-order valence-electron chi connectivity index (χ1n) is 8.19. The van der Waals surface area contributed by atoms with Gasteiger partial charge in [-0.15, -0.1) is 0 Å². The average molecular weight is 356 g/mol. The Bertz CT molecular complexity index is 916. The number of anilines is 1. The van der Waals surface area contributed by atoms with Crippen LogP contribution in [0.3, 0.4) is 0 Å². The molecule has 0 saturated carbocycles. The number of methoxy groups -OCH3 is 1. The number of fused-ring (bicyclic) bond motifs is 4. The van der Waals surface area contributed by atoms with Crippen LogP contribution < -0.4 is 15.0 Å². The maximum absolute atomic E-state index is 14.3. The molecule has 2 aromatic rings. The van der Waals surface area contributed by atoms with Crippen molar-refractivity contribution in [2.75, 3.05) is 12.0 Å². The van der Waals surface area contributed by atoms with E-state index in [0.29, 0.717) is 23.3 Å². The number of halogens is 1. The molecule has 0 unspecified atom stereocenters. The lowest BCUT2D eigenvalue weighted by Gasteiger charge is -2.50. The summed E-state index contributed by atoms with van der Waals surface area (Å²) < 4.78 is 25.1. The zero-order valence-corrected chi connectivity index (χ0v) is 14.3. The molecule has 2 aromatic carbocycles. The van der Waals surface area contributed by atoms with Crippen molar-refractivity contribution < 1.29 is 23.5 Å². The van der Waals surface area contributed by atoms with Gasteiger partial charge in [-0.1, -0.05) is 12.1 Å². The first-order chi connectivity index (χ1) is 12.4. The van der Waals surface area contributed by atoms with Gasteiger partial charge in [0.05, 0.1) is 24.4 Å². The highest BCUT2D eigenvalue weighted by molar-refractivity contribution is 5.95. The number of hydrogen-bond acceptors (Lipinski definition) is 4. The van der Waals surface area contributed by atoms with Crippen molar-refractivity contribution >= 4 is 17.7 Å². The van der Waals surface area contributed by atoms with Gasteiger partial charge >= 0.3 is 12.0 Å². The zero-order valence-electron chi connectivity index (χ0n) is 14.3. The minimum Gasteiger partial charge on any atom is -0.467 e. The third-order valence-corrected chi connectivity index (χ3v) is 4.79. The van der Waals surface area contributed by atoms with Gasteiger partial charge in [-0.2, -0.15) is 0 Å². The quantitative estimate of drug-likeness (QED) is 0.838. The van der Waals surface area contributed by atoms with Gasteiger partial charge in [-0.25, -0.2) is 14.0 Å². The van der Waals surface area contributed by atoms with Crippen molar-refractivity contribution in [2.24, 2.45) is 0 Å². The van der Waals surface area contributed by atoms with Gasteiger partial charge < -0.3 is 14.8 Å². The summed E-state index contributed by atoms with van der Waals surface area (Å²) in [4.78, 5) is 25.8. The van der Waals surface area contributed by atoms with Crippen molar-refractivity contribution in [3.8, 4) is 5.75 Å². The molecule has 2 atom stereocenters. The fraction of sp³-hybridized carbons (Fsp3) is 0.263. The highest BCUT2D eigenvalue weighted by atomic mass is 19.1. The van der Waals surface area contributed by atoms with Crippen LogP contribution in [0.5, 0.6) is 5.75 Å². The summed E-state index contributed by atoms with van der Waals surface area (Å²) in [6.07, 6.45) is 0.407. The molecule has 1 fully saturated rings. The molecular weight excluding hydrogens is 339 g/mol. The van der Waals surface area contributed by atoms with Crippen LogP contribution in [0.1, 0.15) is 35.3 Å². The summed E-state index contributed by atoms with van der Waals surface area (Å²) in [5, 5.41) is 2.88. The Morgan fingerprint density at radius 3 is 2.85 bits per heavy atom. The van der Waals surface area contributed by atoms with Gasteiger partial charge in [0.1, 0.15) is 11.6 Å². The Morgan fingerprint density at radius 1 is 1.35 bits per heavy atom. The Labute approximate surface area is 149 Å². The number of nitrogens with zero attached hydrogens (tertiary/aromatic N) is 1. The van der Waals surface area contributed by atoms with Crippen molar-refractivity contribution in [1.82, 2.24) is 5.32 Å². The third kappa shape index (κ3) is 2.39. The van der Waals surface area contributed by atoms with Crippen LogP contribution in [0.4, 0.5) is 14.9 Å². The predicted molar refractivity (Wildman–Crippen MR) is 91.6 cm³/mol. The fourth-order valence-electron chi connectivity index (χ4n) is 3.62. The van der Waals surface area contributed by atoms with Crippen molar-refractivity contribution in [2.45, 2.75) is 25.1 Å². The van der Waals surface area contributed by atoms with Gasteiger partial charge in [-0.05, 0) is 37.3 Å². The second-order valence-electron chi connectivity index (χ2n) is 6.51. The lowest BCUT2D eigenvalue weighted by Crippen LogP contribution is -2.65. The molecule has 2 heterocycles. The second kappa shape index (κ2) is 5.72. The number of carbonyl (C=O) groups is 2. The molecule has 0 aromatic heterocycles. The minimum absolute atomic E-state index is 0.153. The number of esters is 1. The number of carbonyl (C=O) groups excluding carboxylic acids is 2. The van der Waals surface area contributed by atoms with Gasteiger partial charge in [0.15, 0.2) is 5.72 Å². The van der Waals surface area contributed by atoms with Crippen molar-refractivity contribution in [3.05, 3.63) is 59.4 Å². The number of rotatable bonds is 2. The number of para-hydroxylation sites is 1. The standard InChI is InChI=1S/C19H17FN2O4/c1-19-10-14(12-9-11(17(23)25-2)7-8-16(12)26-19)21-18(24)22(19)15-6-4-3-5-13(15)20/h3-9,14H,10H2,1-2H3,(H,21,24)/t14-,19-/m1/s1. The number of urea groups is 1. The fourth-order valence-corrected chi connectivity index (χ4v) is 3.62. The summed E-state index contributed by atoms with van der Waals surface area (Å²) in [6.45, 7) is 1.75. The molecule has 4 rings (SSSR count). The Morgan fingerprint density at radius 2 is 2.12 bits per heavy atom.